The van der Waals surface area contributed by atoms with Crippen LogP contribution >= 0.6 is 35.3 Å². The largest absolute Gasteiger partial charge is 0.357 e. The number of aliphatic imine (C=N–C) groups is 1. The molecule has 2 heterocycles. The van der Waals surface area contributed by atoms with Gasteiger partial charge in [-0.15, -0.1) is 35.3 Å². The maximum atomic E-state index is 4.81. The standard InChI is InChI=1S/C16H29N5S.HI/c1-6-17-15(21-9-12(2)7-13(3)10-21)18-8-14-11-22-16(19-14)20(4)5;/h11-13H,6-10H2,1-5H3,(H,17,18);1H. The third-order valence-electron chi connectivity index (χ3n) is 3.82. The van der Waals surface area contributed by atoms with Gasteiger partial charge < -0.3 is 15.1 Å². The van der Waals surface area contributed by atoms with Gasteiger partial charge in [0.1, 0.15) is 0 Å². The van der Waals surface area contributed by atoms with Crippen molar-refractivity contribution in [1.82, 2.24) is 15.2 Å². The molecule has 1 aliphatic rings. The van der Waals surface area contributed by atoms with Crippen molar-refractivity contribution in [3.63, 3.8) is 0 Å². The number of halogens is 1. The number of guanidine groups is 1. The van der Waals surface area contributed by atoms with Gasteiger partial charge in [-0.3, -0.25) is 0 Å². The smallest absolute Gasteiger partial charge is 0.194 e. The third-order valence-corrected chi connectivity index (χ3v) is 4.87. The van der Waals surface area contributed by atoms with E-state index in [0.29, 0.717) is 6.54 Å². The fourth-order valence-electron chi connectivity index (χ4n) is 2.99. The van der Waals surface area contributed by atoms with Crippen LogP contribution in [0.3, 0.4) is 0 Å². The molecule has 0 aliphatic carbocycles. The lowest BCUT2D eigenvalue weighted by Gasteiger charge is -2.37. The Balaban J connectivity index is 0.00000264. The van der Waals surface area contributed by atoms with Crippen LogP contribution in [0.15, 0.2) is 10.4 Å². The third kappa shape index (κ3) is 6.10. The summed E-state index contributed by atoms with van der Waals surface area (Å²) >= 11 is 1.67. The molecule has 0 radical (unpaired) electrons. The van der Waals surface area contributed by atoms with E-state index < -0.39 is 0 Å². The van der Waals surface area contributed by atoms with Gasteiger partial charge in [0.05, 0.1) is 12.2 Å². The van der Waals surface area contributed by atoms with E-state index in [1.54, 1.807) is 11.3 Å². The normalized spacial score (nSPS) is 21.8. The van der Waals surface area contributed by atoms with E-state index in [4.69, 9.17) is 4.99 Å². The number of hydrogen-bond donors (Lipinski definition) is 1. The van der Waals surface area contributed by atoms with Gasteiger partial charge in [0.25, 0.3) is 0 Å². The number of nitrogens with zero attached hydrogens (tertiary/aromatic N) is 4. The Labute approximate surface area is 161 Å². The highest BCUT2D eigenvalue weighted by molar-refractivity contribution is 14.0. The molecular weight excluding hydrogens is 421 g/mol. The molecule has 0 bridgehead atoms. The first-order valence-electron chi connectivity index (χ1n) is 8.14. The van der Waals surface area contributed by atoms with Gasteiger partial charge in [-0.05, 0) is 25.2 Å². The first-order chi connectivity index (χ1) is 10.5. The van der Waals surface area contributed by atoms with E-state index >= 15 is 0 Å². The number of rotatable bonds is 4. The summed E-state index contributed by atoms with van der Waals surface area (Å²) in [6.45, 7) is 10.5. The van der Waals surface area contributed by atoms with Crippen LogP contribution in [0.5, 0.6) is 0 Å². The molecule has 1 saturated heterocycles. The van der Waals surface area contributed by atoms with Crippen LogP contribution in [0.25, 0.3) is 0 Å². The highest BCUT2D eigenvalue weighted by Crippen LogP contribution is 2.21. The minimum atomic E-state index is 0. The zero-order valence-electron chi connectivity index (χ0n) is 14.9. The van der Waals surface area contributed by atoms with Crippen molar-refractivity contribution >= 4 is 46.4 Å². The molecule has 0 saturated carbocycles. The second kappa shape index (κ2) is 9.66. The fourth-order valence-corrected chi connectivity index (χ4v) is 3.74. The van der Waals surface area contributed by atoms with E-state index in [1.807, 2.05) is 19.0 Å². The van der Waals surface area contributed by atoms with E-state index in [2.05, 4.69) is 41.4 Å². The summed E-state index contributed by atoms with van der Waals surface area (Å²) in [5, 5.41) is 6.57. The molecule has 1 aromatic rings. The molecule has 7 heteroatoms. The maximum absolute atomic E-state index is 4.81. The molecule has 132 valence electrons. The van der Waals surface area contributed by atoms with E-state index in [-0.39, 0.29) is 24.0 Å². The molecule has 1 N–H and O–H groups in total. The highest BCUT2D eigenvalue weighted by atomic mass is 127. The molecule has 1 aliphatic heterocycles. The van der Waals surface area contributed by atoms with Gasteiger partial charge in [0.2, 0.25) is 0 Å². The number of hydrogen-bond acceptors (Lipinski definition) is 4. The second-order valence-electron chi connectivity index (χ2n) is 6.54. The Hall–Kier alpha value is -0.570. The predicted octanol–water partition coefficient (Wildman–Crippen LogP) is 3.27. The van der Waals surface area contributed by atoms with Gasteiger partial charge in [0, 0.05) is 39.1 Å². The molecule has 23 heavy (non-hydrogen) atoms. The summed E-state index contributed by atoms with van der Waals surface area (Å²) < 4.78 is 0. The monoisotopic (exact) mass is 451 g/mol. The first kappa shape index (κ1) is 20.5. The molecule has 0 spiro atoms. The van der Waals surface area contributed by atoms with Crippen LogP contribution in [0.4, 0.5) is 5.13 Å². The molecule has 1 aromatic heterocycles. The Morgan fingerprint density at radius 2 is 2.04 bits per heavy atom. The fraction of sp³-hybridized carbons (Fsp3) is 0.750. The van der Waals surface area contributed by atoms with Crippen molar-refractivity contribution in [1.29, 1.82) is 0 Å². The summed E-state index contributed by atoms with van der Waals surface area (Å²) in [6.07, 6.45) is 1.31. The summed E-state index contributed by atoms with van der Waals surface area (Å²) in [7, 11) is 4.04. The van der Waals surface area contributed by atoms with Crippen LogP contribution in [0.2, 0.25) is 0 Å². The van der Waals surface area contributed by atoms with Crippen molar-refractivity contribution in [2.75, 3.05) is 38.6 Å². The van der Waals surface area contributed by atoms with E-state index in [1.165, 1.54) is 6.42 Å². The van der Waals surface area contributed by atoms with Gasteiger partial charge in [-0.2, -0.15) is 0 Å². The van der Waals surface area contributed by atoms with Gasteiger partial charge in [-0.1, -0.05) is 13.8 Å². The number of likely N-dealkylation sites (tertiary alicyclic amines) is 1. The van der Waals surface area contributed by atoms with Crippen LogP contribution in [0, 0.1) is 11.8 Å². The zero-order valence-corrected chi connectivity index (χ0v) is 18.0. The second-order valence-corrected chi connectivity index (χ2v) is 7.37. The van der Waals surface area contributed by atoms with Crippen molar-refractivity contribution in [2.45, 2.75) is 33.7 Å². The van der Waals surface area contributed by atoms with Crippen LogP contribution < -0.4 is 10.2 Å². The average molecular weight is 451 g/mol. The zero-order chi connectivity index (χ0) is 16.1. The molecule has 0 amide bonds. The SMILES string of the molecule is CCNC(=NCc1csc(N(C)C)n1)N1CC(C)CC(C)C1.I. The Morgan fingerprint density at radius 1 is 1.39 bits per heavy atom. The molecule has 2 rings (SSSR count). The number of piperidine rings is 1. The average Bonchev–Trinajstić information content (AvgIpc) is 2.91. The molecule has 1 fully saturated rings. The van der Waals surface area contributed by atoms with E-state index in [9.17, 15) is 0 Å². The summed E-state index contributed by atoms with van der Waals surface area (Å²) in [5.74, 6) is 2.49. The number of anilines is 1. The van der Waals surface area contributed by atoms with Crippen molar-refractivity contribution < 1.29 is 0 Å². The van der Waals surface area contributed by atoms with Crippen LogP contribution in [-0.2, 0) is 6.54 Å². The van der Waals surface area contributed by atoms with Crippen LogP contribution in [0.1, 0.15) is 32.9 Å². The van der Waals surface area contributed by atoms with E-state index in [0.717, 1.165) is 48.3 Å². The Kier molecular flexibility index (Phi) is 8.60. The molecule has 2 atom stereocenters. The Morgan fingerprint density at radius 3 is 2.57 bits per heavy atom. The van der Waals surface area contributed by atoms with Crippen molar-refractivity contribution in [2.24, 2.45) is 16.8 Å². The van der Waals surface area contributed by atoms with Crippen molar-refractivity contribution in [3.8, 4) is 0 Å². The lowest BCUT2D eigenvalue weighted by molar-refractivity contribution is 0.208. The summed E-state index contributed by atoms with van der Waals surface area (Å²) in [6, 6.07) is 0. The first-order valence-corrected chi connectivity index (χ1v) is 9.02. The van der Waals surface area contributed by atoms with Crippen LogP contribution in [-0.4, -0.2) is 49.6 Å². The highest BCUT2D eigenvalue weighted by Gasteiger charge is 2.23. The van der Waals surface area contributed by atoms with Crippen molar-refractivity contribution in [3.05, 3.63) is 11.1 Å². The number of nitrogens with one attached hydrogen (secondary N) is 1. The Bertz CT molecular complexity index is 492. The molecular formula is C16H30IN5S. The summed E-state index contributed by atoms with van der Waals surface area (Å²) in [5.41, 5.74) is 1.04. The summed E-state index contributed by atoms with van der Waals surface area (Å²) in [4.78, 5) is 13.9. The number of aromatic nitrogens is 1. The minimum absolute atomic E-state index is 0. The van der Waals surface area contributed by atoms with Gasteiger partial charge in [0.15, 0.2) is 11.1 Å². The quantitative estimate of drug-likeness (QED) is 0.434. The molecule has 5 nitrogen and oxygen atoms in total. The number of thiazole rings is 1. The minimum Gasteiger partial charge on any atom is -0.357 e. The predicted molar refractivity (Wildman–Crippen MR) is 111 cm³/mol. The topological polar surface area (TPSA) is 43.8 Å². The van der Waals surface area contributed by atoms with Gasteiger partial charge in [-0.25, -0.2) is 9.98 Å². The molecule has 0 aromatic carbocycles. The lowest BCUT2D eigenvalue weighted by atomic mass is 9.92. The lowest BCUT2D eigenvalue weighted by Crippen LogP contribution is -2.48. The molecule has 2 unspecified atom stereocenters. The van der Waals surface area contributed by atoms with Gasteiger partial charge >= 0.3 is 0 Å². The maximum Gasteiger partial charge on any atom is 0.194 e.